The molecule has 0 aromatic heterocycles. The molecule has 17 heavy (non-hydrogen) atoms. The third kappa shape index (κ3) is 2.34. The molecule has 0 fully saturated rings. The molecular weight excluding hydrogens is 206 g/mol. The molecule has 0 spiro atoms. The Morgan fingerprint density at radius 3 is 2.53 bits per heavy atom. The highest BCUT2D eigenvalue weighted by Crippen LogP contribution is 2.21. The summed E-state index contributed by atoms with van der Waals surface area (Å²) in [6.45, 7) is 5.76. The quantitative estimate of drug-likeness (QED) is 0.588. The summed E-state index contributed by atoms with van der Waals surface area (Å²) in [6, 6.07) is 12.6. The van der Waals surface area contributed by atoms with Gasteiger partial charge in [-0.25, -0.2) is 0 Å². The molecule has 0 saturated heterocycles. The molecular formula is C16H15N. The van der Waals surface area contributed by atoms with Crippen molar-refractivity contribution >= 4 is 22.6 Å². The minimum absolute atomic E-state index is 0.877. The Bertz CT molecular complexity index is 606. The lowest BCUT2D eigenvalue weighted by Gasteiger charge is -2.04. The first kappa shape index (κ1) is 11.3. The minimum atomic E-state index is 0.877. The van der Waals surface area contributed by atoms with Crippen LogP contribution in [-0.4, -0.2) is 6.21 Å². The Kier molecular flexibility index (Phi) is 3.20. The Hall–Kier alpha value is -2.15. The molecule has 0 heterocycles. The standard InChI is InChI=1S/C16H15N/c1-3-4-16(11-17)15-8-7-13-9-12(2)5-6-14(13)10-15/h3-11,17H,1H2,2H3/b16-4+,17-11?. The number of aryl methyl sites for hydroxylation is 1. The third-order valence-corrected chi connectivity index (χ3v) is 2.78. The lowest BCUT2D eigenvalue weighted by Crippen LogP contribution is -1.85. The van der Waals surface area contributed by atoms with Gasteiger partial charge in [0.15, 0.2) is 0 Å². The fourth-order valence-electron chi connectivity index (χ4n) is 1.90. The highest BCUT2D eigenvalue weighted by atomic mass is 14.3. The van der Waals surface area contributed by atoms with Gasteiger partial charge < -0.3 is 5.41 Å². The van der Waals surface area contributed by atoms with Crippen molar-refractivity contribution in [2.24, 2.45) is 0 Å². The summed E-state index contributed by atoms with van der Waals surface area (Å²) in [5.74, 6) is 0. The zero-order valence-electron chi connectivity index (χ0n) is 9.90. The first-order valence-corrected chi connectivity index (χ1v) is 5.58. The third-order valence-electron chi connectivity index (χ3n) is 2.78. The summed E-state index contributed by atoms with van der Waals surface area (Å²) in [6.07, 6.45) is 4.92. The Labute approximate surface area is 102 Å². The molecule has 0 aliphatic carbocycles. The highest BCUT2D eigenvalue weighted by Gasteiger charge is 2.00. The molecule has 1 heteroatoms. The summed E-state index contributed by atoms with van der Waals surface area (Å²) in [7, 11) is 0. The van der Waals surface area contributed by atoms with Gasteiger partial charge in [0.1, 0.15) is 0 Å². The molecule has 0 saturated carbocycles. The zero-order chi connectivity index (χ0) is 12.3. The Morgan fingerprint density at radius 2 is 1.82 bits per heavy atom. The molecule has 0 radical (unpaired) electrons. The van der Waals surface area contributed by atoms with Crippen LogP contribution >= 0.6 is 0 Å². The van der Waals surface area contributed by atoms with Gasteiger partial charge in [-0.2, -0.15) is 0 Å². The van der Waals surface area contributed by atoms with Gasteiger partial charge >= 0.3 is 0 Å². The summed E-state index contributed by atoms with van der Waals surface area (Å²) >= 11 is 0. The SMILES string of the molecule is C=C/C=C(\C=N)c1ccc2cc(C)ccc2c1. The zero-order valence-corrected chi connectivity index (χ0v) is 9.90. The van der Waals surface area contributed by atoms with Gasteiger partial charge in [0.25, 0.3) is 0 Å². The van der Waals surface area contributed by atoms with Gasteiger partial charge in [-0.15, -0.1) is 0 Å². The van der Waals surface area contributed by atoms with Gasteiger partial charge in [0, 0.05) is 6.21 Å². The number of fused-ring (bicyclic) bond motifs is 1. The molecule has 0 bridgehead atoms. The van der Waals surface area contributed by atoms with E-state index in [0.717, 1.165) is 11.1 Å². The van der Waals surface area contributed by atoms with Gasteiger partial charge in [-0.05, 0) is 34.9 Å². The monoisotopic (exact) mass is 221 g/mol. The fourth-order valence-corrected chi connectivity index (χ4v) is 1.90. The average Bonchev–Trinajstić information content (AvgIpc) is 2.35. The molecule has 0 unspecified atom stereocenters. The second-order valence-electron chi connectivity index (χ2n) is 4.07. The van der Waals surface area contributed by atoms with Crippen LogP contribution in [0.15, 0.2) is 55.1 Å². The van der Waals surface area contributed by atoms with E-state index in [0.29, 0.717) is 0 Å². The molecule has 0 aliphatic heterocycles. The first-order valence-electron chi connectivity index (χ1n) is 5.58. The van der Waals surface area contributed by atoms with E-state index in [-0.39, 0.29) is 0 Å². The average molecular weight is 221 g/mol. The maximum Gasteiger partial charge on any atom is 0.0256 e. The van der Waals surface area contributed by atoms with Crippen LogP contribution in [0.5, 0.6) is 0 Å². The largest absolute Gasteiger partial charge is 0.308 e. The maximum absolute atomic E-state index is 7.40. The molecule has 84 valence electrons. The molecule has 0 atom stereocenters. The first-order chi connectivity index (χ1) is 8.24. The molecule has 0 amide bonds. The van der Waals surface area contributed by atoms with Crippen molar-refractivity contribution in [3.63, 3.8) is 0 Å². The molecule has 2 aromatic carbocycles. The van der Waals surface area contributed by atoms with Gasteiger partial charge in [0.2, 0.25) is 0 Å². The highest BCUT2D eigenvalue weighted by molar-refractivity contribution is 6.09. The number of benzene rings is 2. The lowest BCUT2D eigenvalue weighted by atomic mass is 10.0. The Balaban J connectivity index is 2.58. The van der Waals surface area contributed by atoms with Crippen LogP contribution in [0.25, 0.3) is 16.3 Å². The van der Waals surface area contributed by atoms with Crippen LogP contribution in [0.4, 0.5) is 0 Å². The van der Waals surface area contributed by atoms with E-state index < -0.39 is 0 Å². The predicted octanol–water partition coefficient (Wildman–Crippen LogP) is 4.37. The molecule has 1 nitrogen and oxygen atoms in total. The number of allylic oxidation sites excluding steroid dienone is 3. The van der Waals surface area contributed by atoms with E-state index in [9.17, 15) is 0 Å². The van der Waals surface area contributed by atoms with Crippen molar-refractivity contribution in [1.82, 2.24) is 0 Å². The van der Waals surface area contributed by atoms with Crippen molar-refractivity contribution < 1.29 is 0 Å². The molecule has 0 aliphatic rings. The van der Waals surface area contributed by atoms with Crippen molar-refractivity contribution in [2.45, 2.75) is 6.92 Å². The van der Waals surface area contributed by atoms with Gasteiger partial charge in [-0.1, -0.05) is 54.6 Å². The second-order valence-corrected chi connectivity index (χ2v) is 4.07. The van der Waals surface area contributed by atoms with E-state index >= 15 is 0 Å². The topological polar surface area (TPSA) is 23.9 Å². The summed E-state index contributed by atoms with van der Waals surface area (Å²) < 4.78 is 0. The van der Waals surface area contributed by atoms with Crippen LogP contribution in [-0.2, 0) is 0 Å². The Morgan fingerprint density at radius 1 is 1.12 bits per heavy atom. The van der Waals surface area contributed by atoms with Gasteiger partial charge in [-0.3, -0.25) is 0 Å². The van der Waals surface area contributed by atoms with Gasteiger partial charge in [0.05, 0.1) is 0 Å². The maximum atomic E-state index is 7.40. The summed E-state index contributed by atoms with van der Waals surface area (Å²) in [5, 5.41) is 9.83. The van der Waals surface area contributed by atoms with E-state index in [1.165, 1.54) is 22.6 Å². The van der Waals surface area contributed by atoms with Crippen molar-refractivity contribution in [3.05, 3.63) is 66.3 Å². The van der Waals surface area contributed by atoms with E-state index in [2.05, 4.69) is 43.8 Å². The van der Waals surface area contributed by atoms with E-state index in [4.69, 9.17) is 5.41 Å². The van der Waals surface area contributed by atoms with Crippen LogP contribution in [0.1, 0.15) is 11.1 Å². The van der Waals surface area contributed by atoms with E-state index in [1.807, 2.05) is 12.1 Å². The van der Waals surface area contributed by atoms with Crippen LogP contribution in [0.3, 0.4) is 0 Å². The van der Waals surface area contributed by atoms with Crippen LogP contribution in [0.2, 0.25) is 0 Å². The smallest absolute Gasteiger partial charge is 0.0256 e. The predicted molar refractivity (Wildman–Crippen MR) is 75.6 cm³/mol. The molecule has 2 rings (SSSR count). The number of rotatable bonds is 3. The lowest BCUT2D eigenvalue weighted by molar-refractivity contribution is 1.50. The van der Waals surface area contributed by atoms with Crippen LogP contribution < -0.4 is 0 Å². The van der Waals surface area contributed by atoms with Crippen molar-refractivity contribution in [3.8, 4) is 0 Å². The summed E-state index contributed by atoms with van der Waals surface area (Å²) in [4.78, 5) is 0. The normalized spacial score (nSPS) is 11.5. The second kappa shape index (κ2) is 4.79. The molecule has 2 aromatic rings. The number of hydrogen-bond acceptors (Lipinski definition) is 1. The number of hydrogen-bond donors (Lipinski definition) is 1. The van der Waals surface area contributed by atoms with Crippen molar-refractivity contribution in [2.75, 3.05) is 0 Å². The van der Waals surface area contributed by atoms with Crippen LogP contribution in [0, 0.1) is 12.3 Å². The summed E-state index contributed by atoms with van der Waals surface area (Å²) in [5.41, 5.74) is 3.19. The molecule has 1 N–H and O–H groups in total. The number of nitrogens with one attached hydrogen (secondary N) is 1. The fraction of sp³-hybridized carbons (Fsp3) is 0.0625. The van der Waals surface area contributed by atoms with Crippen molar-refractivity contribution in [1.29, 1.82) is 5.41 Å². The minimum Gasteiger partial charge on any atom is -0.308 e. The van der Waals surface area contributed by atoms with E-state index in [1.54, 1.807) is 6.08 Å².